The zero-order valence-corrected chi connectivity index (χ0v) is 11.7. The maximum absolute atomic E-state index is 13.5. The summed E-state index contributed by atoms with van der Waals surface area (Å²) < 4.78 is 15.4. The quantitative estimate of drug-likeness (QED) is 0.905. The third-order valence-corrected chi connectivity index (χ3v) is 3.02. The molecule has 2 N–H and O–H groups in total. The maximum atomic E-state index is 13.5. The Bertz CT molecular complexity index is 596. The van der Waals surface area contributed by atoms with Crippen LogP contribution in [0.5, 0.6) is 0 Å². The first kappa shape index (κ1) is 13.7. The molecule has 2 aromatic rings. The summed E-state index contributed by atoms with van der Waals surface area (Å²) in [4.78, 5) is 0. The molecule has 0 fully saturated rings. The van der Waals surface area contributed by atoms with Crippen LogP contribution in [0.2, 0.25) is 0 Å². The van der Waals surface area contributed by atoms with Gasteiger partial charge in [-0.05, 0) is 45.4 Å². The summed E-state index contributed by atoms with van der Waals surface area (Å²) in [5, 5.41) is 8.31. The molecule has 1 heterocycles. The third kappa shape index (κ3) is 2.51. The van der Waals surface area contributed by atoms with Crippen molar-refractivity contribution in [3.8, 4) is 11.4 Å². The molecule has 0 bridgehead atoms. The van der Waals surface area contributed by atoms with Crippen molar-refractivity contribution in [2.24, 2.45) is 5.73 Å². The van der Waals surface area contributed by atoms with Gasteiger partial charge in [0.15, 0.2) is 5.82 Å². The average Bonchev–Trinajstić information content (AvgIpc) is 2.75. The zero-order chi connectivity index (χ0) is 14.2. The smallest absolute Gasteiger partial charge is 0.164 e. The van der Waals surface area contributed by atoms with Gasteiger partial charge >= 0.3 is 0 Å². The van der Waals surface area contributed by atoms with Crippen molar-refractivity contribution < 1.29 is 4.39 Å². The fraction of sp³-hybridized carbons (Fsp3) is 0.429. The van der Waals surface area contributed by atoms with Crippen LogP contribution in [0.1, 0.15) is 32.2 Å². The molecule has 2 rings (SSSR count). The van der Waals surface area contributed by atoms with E-state index in [-0.39, 0.29) is 11.4 Å². The summed E-state index contributed by atoms with van der Waals surface area (Å²) in [5.74, 6) is 1.08. The van der Waals surface area contributed by atoms with E-state index in [1.807, 2.05) is 32.3 Å². The second-order valence-electron chi connectivity index (χ2n) is 5.61. The molecular formula is C14H19FN4. The van der Waals surface area contributed by atoms with Crippen LogP contribution in [0.3, 0.4) is 0 Å². The Kier molecular flexibility index (Phi) is 3.41. The van der Waals surface area contributed by atoms with Gasteiger partial charge in [-0.25, -0.2) is 4.39 Å². The lowest BCUT2D eigenvalue weighted by molar-refractivity contribution is 0.386. The predicted molar refractivity (Wildman–Crippen MR) is 73.0 cm³/mol. The lowest BCUT2D eigenvalue weighted by atomic mass is 10.0. The number of hydrogen-bond donors (Lipinski definition) is 1. The van der Waals surface area contributed by atoms with Crippen molar-refractivity contribution in [2.75, 3.05) is 0 Å². The molecule has 0 aliphatic heterocycles. The minimum absolute atomic E-state index is 0.216. The molecule has 4 nitrogen and oxygen atoms in total. The second kappa shape index (κ2) is 4.74. The number of nitrogens with two attached hydrogens (primary N) is 1. The van der Waals surface area contributed by atoms with E-state index in [0.29, 0.717) is 18.2 Å². The van der Waals surface area contributed by atoms with Crippen LogP contribution < -0.4 is 5.73 Å². The van der Waals surface area contributed by atoms with E-state index < -0.39 is 0 Å². The fourth-order valence-electron chi connectivity index (χ4n) is 2.16. The number of benzene rings is 1. The van der Waals surface area contributed by atoms with Crippen LogP contribution in [0.4, 0.5) is 4.39 Å². The Morgan fingerprint density at radius 2 is 1.95 bits per heavy atom. The van der Waals surface area contributed by atoms with Gasteiger partial charge in [-0.15, -0.1) is 10.2 Å². The Balaban J connectivity index is 2.69. The molecule has 0 aliphatic rings. The van der Waals surface area contributed by atoms with Crippen LogP contribution in [0.15, 0.2) is 18.2 Å². The number of rotatable bonds is 2. The van der Waals surface area contributed by atoms with E-state index in [2.05, 4.69) is 10.2 Å². The van der Waals surface area contributed by atoms with Crippen LogP contribution >= 0.6 is 0 Å². The van der Waals surface area contributed by atoms with E-state index in [9.17, 15) is 4.39 Å². The zero-order valence-electron chi connectivity index (χ0n) is 11.7. The van der Waals surface area contributed by atoms with Gasteiger partial charge in [0.25, 0.3) is 0 Å². The van der Waals surface area contributed by atoms with Crippen LogP contribution in [0.25, 0.3) is 11.4 Å². The summed E-state index contributed by atoms with van der Waals surface area (Å²) in [7, 11) is 0. The number of nitrogens with zero attached hydrogens (tertiary/aromatic N) is 3. The first-order valence-corrected chi connectivity index (χ1v) is 6.26. The van der Waals surface area contributed by atoms with Gasteiger partial charge in [-0.3, -0.25) is 0 Å². The topological polar surface area (TPSA) is 56.7 Å². The highest BCUT2D eigenvalue weighted by molar-refractivity contribution is 5.60. The second-order valence-corrected chi connectivity index (χ2v) is 5.61. The van der Waals surface area contributed by atoms with E-state index >= 15 is 0 Å². The molecule has 102 valence electrons. The monoisotopic (exact) mass is 262 g/mol. The summed E-state index contributed by atoms with van der Waals surface area (Å²) >= 11 is 0. The fourth-order valence-corrected chi connectivity index (χ4v) is 2.16. The third-order valence-electron chi connectivity index (χ3n) is 3.02. The molecule has 0 saturated heterocycles. The highest BCUT2D eigenvalue weighted by Crippen LogP contribution is 2.28. The Morgan fingerprint density at radius 3 is 2.53 bits per heavy atom. The highest BCUT2D eigenvalue weighted by atomic mass is 19.1. The molecule has 0 radical (unpaired) electrons. The van der Waals surface area contributed by atoms with Gasteiger partial charge in [0.1, 0.15) is 11.6 Å². The average molecular weight is 262 g/mol. The first-order chi connectivity index (χ1) is 8.84. The molecule has 0 amide bonds. The maximum Gasteiger partial charge on any atom is 0.164 e. The molecule has 0 spiro atoms. The predicted octanol–water partition coefficient (Wildman–Crippen LogP) is 2.61. The van der Waals surface area contributed by atoms with Crippen LogP contribution in [0, 0.1) is 12.7 Å². The van der Waals surface area contributed by atoms with Crippen molar-refractivity contribution in [1.82, 2.24) is 14.8 Å². The van der Waals surface area contributed by atoms with Gasteiger partial charge in [0, 0.05) is 11.1 Å². The van der Waals surface area contributed by atoms with Crippen molar-refractivity contribution in [3.05, 3.63) is 35.4 Å². The van der Waals surface area contributed by atoms with Gasteiger partial charge in [-0.2, -0.15) is 0 Å². The minimum Gasteiger partial charge on any atom is -0.324 e. The van der Waals surface area contributed by atoms with E-state index in [4.69, 9.17) is 5.73 Å². The summed E-state index contributed by atoms with van der Waals surface area (Å²) in [6.45, 7) is 8.38. The van der Waals surface area contributed by atoms with Gasteiger partial charge in [0.05, 0.1) is 6.54 Å². The molecule has 19 heavy (non-hydrogen) atoms. The molecule has 0 unspecified atom stereocenters. The largest absolute Gasteiger partial charge is 0.324 e. The molecule has 0 aliphatic carbocycles. The van der Waals surface area contributed by atoms with Gasteiger partial charge in [-0.1, -0.05) is 6.07 Å². The van der Waals surface area contributed by atoms with Crippen molar-refractivity contribution in [2.45, 2.75) is 39.8 Å². The lowest BCUT2D eigenvalue weighted by Crippen LogP contribution is -2.26. The van der Waals surface area contributed by atoms with E-state index in [1.54, 1.807) is 6.07 Å². The molecular weight excluding hydrogens is 243 g/mol. The summed E-state index contributed by atoms with van der Waals surface area (Å²) in [6.07, 6.45) is 0. The molecule has 1 aromatic heterocycles. The first-order valence-electron chi connectivity index (χ1n) is 6.26. The van der Waals surface area contributed by atoms with E-state index in [0.717, 1.165) is 11.1 Å². The molecule has 0 atom stereocenters. The Morgan fingerprint density at radius 1 is 1.26 bits per heavy atom. The van der Waals surface area contributed by atoms with E-state index in [1.165, 1.54) is 12.1 Å². The Hall–Kier alpha value is -1.75. The number of aryl methyl sites for hydroxylation is 1. The van der Waals surface area contributed by atoms with Crippen LogP contribution in [-0.2, 0) is 12.1 Å². The van der Waals surface area contributed by atoms with Crippen molar-refractivity contribution in [1.29, 1.82) is 0 Å². The number of halogens is 1. The Labute approximate surface area is 112 Å². The molecule has 0 saturated carbocycles. The SMILES string of the molecule is Cc1ccc(F)cc1-c1nnc(CN)n1C(C)(C)C. The number of aromatic nitrogens is 3. The summed E-state index contributed by atoms with van der Waals surface area (Å²) in [5.41, 5.74) is 7.21. The van der Waals surface area contributed by atoms with Crippen molar-refractivity contribution in [3.63, 3.8) is 0 Å². The lowest BCUT2D eigenvalue weighted by Gasteiger charge is -2.25. The van der Waals surface area contributed by atoms with Gasteiger partial charge < -0.3 is 10.3 Å². The molecule has 5 heteroatoms. The normalized spacial score (nSPS) is 11.9. The highest BCUT2D eigenvalue weighted by Gasteiger charge is 2.24. The minimum atomic E-state index is -0.279. The van der Waals surface area contributed by atoms with Crippen molar-refractivity contribution >= 4 is 0 Å². The summed E-state index contributed by atoms with van der Waals surface area (Å²) in [6, 6.07) is 4.68. The molecule has 1 aromatic carbocycles. The van der Waals surface area contributed by atoms with Gasteiger partial charge in [0.2, 0.25) is 0 Å². The number of hydrogen-bond acceptors (Lipinski definition) is 3. The standard InChI is InChI=1S/C14H19FN4/c1-9-5-6-10(15)7-11(9)13-18-17-12(8-16)19(13)14(2,3)4/h5-7H,8,16H2,1-4H3. The van der Waals surface area contributed by atoms with Crippen LogP contribution in [-0.4, -0.2) is 14.8 Å².